The summed E-state index contributed by atoms with van der Waals surface area (Å²) >= 11 is 6.12. The van der Waals surface area contributed by atoms with E-state index in [2.05, 4.69) is 12.2 Å². The minimum Gasteiger partial charge on any atom is -0.312 e. The van der Waals surface area contributed by atoms with Crippen molar-refractivity contribution in [3.8, 4) is 0 Å². The Hall–Kier alpha value is -1.45. The Morgan fingerprint density at radius 2 is 1.71 bits per heavy atom. The summed E-state index contributed by atoms with van der Waals surface area (Å²) in [5, 5.41) is 3.42. The molecule has 0 aromatic heterocycles. The van der Waals surface area contributed by atoms with Gasteiger partial charge < -0.3 is 5.32 Å². The Morgan fingerprint density at radius 3 is 2.29 bits per heavy atom. The molecular formula is C17H18ClF2N. The van der Waals surface area contributed by atoms with Gasteiger partial charge in [-0.3, -0.25) is 0 Å². The van der Waals surface area contributed by atoms with E-state index in [1.165, 1.54) is 6.07 Å². The van der Waals surface area contributed by atoms with Crippen LogP contribution < -0.4 is 5.32 Å². The first-order chi connectivity index (χ1) is 10.1. The highest BCUT2D eigenvalue weighted by Crippen LogP contribution is 2.37. The molecule has 0 amide bonds. The summed E-state index contributed by atoms with van der Waals surface area (Å²) in [5.41, 5.74) is 1.72. The second-order valence-electron chi connectivity index (χ2n) is 4.98. The Labute approximate surface area is 128 Å². The average molecular weight is 310 g/mol. The zero-order valence-corrected chi connectivity index (χ0v) is 12.8. The van der Waals surface area contributed by atoms with E-state index in [1.54, 1.807) is 7.05 Å². The monoisotopic (exact) mass is 309 g/mol. The number of halogens is 3. The summed E-state index contributed by atoms with van der Waals surface area (Å²) in [6.07, 6.45) is 0.852. The zero-order valence-electron chi connectivity index (χ0n) is 12.0. The minimum absolute atomic E-state index is 0.124. The molecule has 112 valence electrons. The van der Waals surface area contributed by atoms with Crippen molar-refractivity contribution in [2.45, 2.75) is 25.3 Å². The second kappa shape index (κ2) is 7.01. The molecule has 0 bridgehead atoms. The standard InChI is InChI=1S/C17H18ClF2N/c1-3-12(11-7-5-4-6-8-11)17(21-2)13-9-15(19)16(20)10-14(13)18/h4-10,12,17,21H,3H2,1-2H3. The lowest BCUT2D eigenvalue weighted by Crippen LogP contribution is -2.24. The molecule has 0 aliphatic heterocycles. The molecule has 0 saturated heterocycles. The predicted molar refractivity (Wildman–Crippen MR) is 82.6 cm³/mol. The molecule has 0 aliphatic rings. The van der Waals surface area contributed by atoms with Gasteiger partial charge in [0.1, 0.15) is 0 Å². The largest absolute Gasteiger partial charge is 0.312 e. The van der Waals surface area contributed by atoms with Gasteiger partial charge in [-0.25, -0.2) is 8.78 Å². The quantitative estimate of drug-likeness (QED) is 0.760. The molecule has 0 aliphatic carbocycles. The molecule has 0 radical (unpaired) electrons. The summed E-state index contributed by atoms with van der Waals surface area (Å²) in [6, 6.07) is 12.0. The van der Waals surface area contributed by atoms with Crippen LogP contribution in [0.2, 0.25) is 5.02 Å². The average Bonchev–Trinajstić information content (AvgIpc) is 2.50. The van der Waals surface area contributed by atoms with Gasteiger partial charge >= 0.3 is 0 Å². The molecule has 1 nitrogen and oxygen atoms in total. The summed E-state index contributed by atoms with van der Waals surface area (Å²) in [7, 11) is 1.80. The first-order valence-electron chi connectivity index (χ1n) is 6.95. The van der Waals surface area contributed by atoms with E-state index in [4.69, 9.17) is 11.6 Å². The number of benzene rings is 2. The van der Waals surface area contributed by atoms with E-state index >= 15 is 0 Å². The molecule has 2 aromatic carbocycles. The molecule has 0 spiro atoms. The fraction of sp³-hybridized carbons (Fsp3) is 0.294. The zero-order chi connectivity index (χ0) is 15.4. The van der Waals surface area contributed by atoms with E-state index in [-0.39, 0.29) is 17.0 Å². The van der Waals surface area contributed by atoms with Crippen molar-refractivity contribution in [1.82, 2.24) is 5.32 Å². The van der Waals surface area contributed by atoms with Crippen molar-refractivity contribution in [2.75, 3.05) is 7.05 Å². The highest BCUT2D eigenvalue weighted by atomic mass is 35.5. The normalized spacial score (nSPS) is 14.0. The molecule has 2 atom stereocenters. The van der Waals surface area contributed by atoms with Crippen molar-refractivity contribution in [2.24, 2.45) is 0 Å². The molecule has 0 saturated carbocycles. The predicted octanol–water partition coefficient (Wildman–Crippen LogP) is 5.07. The Bertz CT molecular complexity index is 601. The molecule has 4 heteroatoms. The summed E-state index contributed by atoms with van der Waals surface area (Å²) in [4.78, 5) is 0. The second-order valence-corrected chi connectivity index (χ2v) is 5.39. The third-order valence-corrected chi connectivity index (χ3v) is 4.08. The molecule has 0 fully saturated rings. The lowest BCUT2D eigenvalue weighted by atomic mass is 9.85. The van der Waals surface area contributed by atoms with Gasteiger partial charge in [-0.15, -0.1) is 0 Å². The molecule has 2 aromatic rings. The van der Waals surface area contributed by atoms with Gasteiger partial charge in [-0.2, -0.15) is 0 Å². The van der Waals surface area contributed by atoms with Crippen LogP contribution in [0.5, 0.6) is 0 Å². The van der Waals surface area contributed by atoms with Crippen LogP contribution in [0.4, 0.5) is 8.78 Å². The van der Waals surface area contributed by atoms with Crippen LogP contribution in [0, 0.1) is 11.6 Å². The number of nitrogens with one attached hydrogen (secondary N) is 1. The fourth-order valence-electron chi connectivity index (χ4n) is 2.71. The lowest BCUT2D eigenvalue weighted by Gasteiger charge is -2.27. The van der Waals surface area contributed by atoms with Gasteiger partial charge in [0.25, 0.3) is 0 Å². The number of hydrogen-bond acceptors (Lipinski definition) is 1. The maximum absolute atomic E-state index is 13.6. The van der Waals surface area contributed by atoms with Gasteiger partial charge in [0.2, 0.25) is 0 Å². The van der Waals surface area contributed by atoms with Gasteiger partial charge in [0, 0.05) is 17.0 Å². The van der Waals surface area contributed by atoms with E-state index in [0.29, 0.717) is 5.56 Å². The lowest BCUT2D eigenvalue weighted by molar-refractivity contribution is 0.458. The Kier molecular flexibility index (Phi) is 5.32. The third kappa shape index (κ3) is 3.42. The fourth-order valence-corrected chi connectivity index (χ4v) is 2.98. The molecule has 1 N–H and O–H groups in total. The van der Waals surface area contributed by atoms with Crippen LogP contribution >= 0.6 is 11.6 Å². The van der Waals surface area contributed by atoms with E-state index < -0.39 is 11.6 Å². The molecule has 2 unspecified atom stereocenters. The van der Waals surface area contributed by atoms with Crippen LogP contribution in [0.1, 0.15) is 36.4 Å². The number of hydrogen-bond donors (Lipinski definition) is 1. The summed E-state index contributed by atoms with van der Waals surface area (Å²) in [5.74, 6) is -1.68. The highest BCUT2D eigenvalue weighted by Gasteiger charge is 2.25. The topological polar surface area (TPSA) is 12.0 Å². The van der Waals surface area contributed by atoms with Gasteiger partial charge in [0.05, 0.1) is 0 Å². The Balaban J connectivity index is 2.45. The van der Waals surface area contributed by atoms with Gasteiger partial charge in [0.15, 0.2) is 11.6 Å². The van der Waals surface area contributed by atoms with Gasteiger partial charge in [-0.05, 0) is 36.7 Å². The van der Waals surface area contributed by atoms with Crippen LogP contribution in [0.25, 0.3) is 0 Å². The van der Waals surface area contributed by atoms with Crippen LogP contribution in [-0.4, -0.2) is 7.05 Å². The van der Waals surface area contributed by atoms with Crippen molar-refractivity contribution < 1.29 is 8.78 Å². The third-order valence-electron chi connectivity index (χ3n) is 3.76. The number of rotatable bonds is 5. The van der Waals surface area contributed by atoms with Crippen molar-refractivity contribution in [3.63, 3.8) is 0 Å². The SMILES string of the molecule is CCC(c1ccccc1)C(NC)c1cc(F)c(F)cc1Cl. The van der Waals surface area contributed by atoms with Crippen LogP contribution in [-0.2, 0) is 0 Å². The number of likely N-dealkylation sites (N-methyl/N-ethyl adjacent to an activating group) is 1. The van der Waals surface area contributed by atoms with Gasteiger partial charge in [-0.1, -0.05) is 48.9 Å². The van der Waals surface area contributed by atoms with E-state index in [0.717, 1.165) is 18.1 Å². The highest BCUT2D eigenvalue weighted by molar-refractivity contribution is 6.31. The Morgan fingerprint density at radius 1 is 1.10 bits per heavy atom. The summed E-state index contributed by atoms with van der Waals surface area (Å²) < 4.78 is 26.8. The molecule has 2 rings (SSSR count). The smallest absolute Gasteiger partial charge is 0.160 e. The maximum Gasteiger partial charge on any atom is 0.160 e. The maximum atomic E-state index is 13.6. The molecule has 0 heterocycles. The molecule has 21 heavy (non-hydrogen) atoms. The van der Waals surface area contributed by atoms with Crippen LogP contribution in [0.15, 0.2) is 42.5 Å². The van der Waals surface area contributed by atoms with Crippen molar-refractivity contribution in [1.29, 1.82) is 0 Å². The molecular weight excluding hydrogens is 292 g/mol. The van der Waals surface area contributed by atoms with E-state index in [1.807, 2.05) is 30.3 Å². The minimum atomic E-state index is -0.925. The summed E-state index contributed by atoms with van der Waals surface area (Å²) in [6.45, 7) is 2.07. The van der Waals surface area contributed by atoms with Crippen molar-refractivity contribution in [3.05, 3.63) is 70.2 Å². The van der Waals surface area contributed by atoms with Crippen molar-refractivity contribution >= 4 is 11.6 Å². The van der Waals surface area contributed by atoms with E-state index in [9.17, 15) is 8.78 Å². The van der Waals surface area contributed by atoms with Crippen LogP contribution in [0.3, 0.4) is 0 Å². The first-order valence-corrected chi connectivity index (χ1v) is 7.33. The first kappa shape index (κ1) is 15.9.